The minimum Gasteiger partial charge on any atom is -0.376 e. The van der Waals surface area contributed by atoms with E-state index in [4.69, 9.17) is 4.74 Å². The van der Waals surface area contributed by atoms with Gasteiger partial charge in [0, 0.05) is 44.4 Å². The van der Waals surface area contributed by atoms with Crippen molar-refractivity contribution in [3.8, 4) is 0 Å². The van der Waals surface area contributed by atoms with Gasteiger partial charge in [0.25, 0.3) is 0 Å². The van der Waals surface area contributed by atoms with Crippen molar-refractivity contribution in [2.24, 2.45) is 10.9 Å². The van der Waals surface area contributed by atoms with Gasteiger partial charge in [-0.1, -0.05) is 37.3 Å². The molecule has 1 aliphatic rings. The molecular formula is C21H30N4OS. The van der Waals surface area contributed by atoms with E-state index in [0.717, 1.165) is 51.5 Å². The van der Waals surface area contributed by atoms with Gasteiger partial charge < -0.3 is 15.0 Å². The van der Waals surface area contributed by atoms with Crippen LogP contribution in [-0.2, 0) is 24.2 Å². The summed E-state index contributed by atoms with van der Waals surface area (Å²) >= 11 is 1.75. The largest absolute Gasteiger partial charge is 0.376 e. The van der Waals surface area contributed by atoms with Crippen molar-refractivity contribution < 1.29 is 4.74 Å². The molecule has 3 rings (SSSR count). The summed E-state index contributed by atoms with van der Waals surface area (Å²) in [5.41, 5.74) is 2.41. The Bertz CT molecular complexity index is 716. The number of hydrogen-bond donors (Lipinski definition) is 1. The SMILES string of the molecule is CCc1nc(CCNC(=NC)N2CCC(COCc3ccccc3)C2)cs1. The van der Waals surface area contributed by atoms with Crippen molar-refractivity contribution in [3.63, 3.8) is 0 Å². The highest BCUT2D eigenvalue weighted by molar-refractivity contribution is 7.09. The van der Waals surface area contributed by atoms with Crippen LogP contribution in [0, 0.1) is 5.92 Å². The lowest BCUT2D eigenvalue weighted by molar-refractivity contribution is 0.0907. The van der Waals surface area contributed by atoms with Crippen LogP contribution in [0.1, 0.15) is 29.6 Å². The molecule has 5 nitrogen and oxygen atoms in total. The average molecular weight is 387 g/mol. The van der Waals surface area contributed by atoms with Crippen molar-refractivity contribution in [2.75, 3.05) is 33.3 Å². The number of nitrogens with zero attached hydrogens (tertiary/aromatic N) is 3. The highest BCUT2D eigenvalue weighted by atomic mass is 32.1. The van der Waals surface area contributed by atoms with Crippen LogP contribution in [0.15, 0.2) is 40.7 Å². The molecule has 1 fully saturated rings. The number of ether oxygens (including phenoxy) is 1. The second-order valence-electron chi connectivity index (χ2n) is 6.91. The first-order valence-electron chi connectivity index (χ1n) is 9.79. The second kappa shape index (κ2) is 10.4. The van der Waals surface area contributed by atoms with Gasteiger partial charge >= 0.3 is 0 Å². The molecule has 27 heavy (non-hydrogen) atoms. The van der Waals surface area contributed by atoms with Gasteiger partial charge in [-0.05, 0) is 18.4 Å². The van der Waals surface area contributed by atoms with Crippen LogP contribution in [-0.4, -0.2) is 49.1 Å². The standard InChI is InChI=1S/C21H30N4OS/c1-3-20-24-19(16-27-20)9-11-23-21(22-2)25-12-10-18(13-25)15-26-14-17-7-5-4-6-8-17/h4-8,16,18H,3,9-15H2,1-2H3,(H,22,23). The Morgan fingerprint density at radius 1 is 1.37 bits per heavy atom. The molecule has 2 aromatic rings. The molecule has 146 valence electrons. The first-order valence-corrected chi connectivity index (χ1v) is 10.7. The van der Waals surface area contributed by atoms with Crippen molar-refractivity contribution in [1.82, 2.24) is 15.2 Å². The third kappa shape index (κ3) is 6.04. The van der Waals surface area contributed by atoms with E-state index in [9.17, 15) is 0 Å². The molecular weight excluding hydrogens is 356 g/mol. The Morgan fingerprint density at radius 3 is 2.96 bits per heavy atom. The van der Waals surface area contributed by atoms with Gasteiger partial charge in [0.15, 0.2) is 5.96 Å². The Hall–Kier alpha value is -1.92. The molecule has 0 bridgehead atoms. The molecule has 6 heteroatoms. The van der Waals surface area contributed by atoms with Gasteiger partial charge in [-0.15, -0.1) is 11.3 Å². The normalized spacial score (nSPS) is 17.5. The molecule has 0 saturated carbocycles. The fraction of sp³-hybridized carbons (Fsp3) is 0.524. The third-order valence-corrected chi connectivity index (χ3v) is 5.87. The topological polar surface area (TPSA) is 49.8 Å². The maximum absolute atomic E-state index is 5.92. The van der Waals surface area contributed by atoms with Crippen LogP contribution < -0.4 is 5.32 Å². The van der Waals surface area contributed by atoms with Gasteiger partial charge in [0.2, 0.25) is 0 Å². The van der Waals surface area contributed by atoms with Crippen LogP contribution in [0.5, 0.6) is 0 Å². The molecule has 2 heterocycles. The van der Waals surface area contributed by atoms with Crippen LogP contribution in [0.2, 0.25) is 0 Å². The zero-order valence-electron chi connectivity index (χ0n) is 16.4. The van der Waals surface area contributed by atoms with Crippen LogP contribution in [0.3, 0.4) is 0 Å². The number of thiazole rings is 1. The smallest absolute Gasteiger partial charge is 0.193 e. The monoisotopic (exact) mass is 386 g/mol. The lowest BCUT2D eigenvalue weighted by Crippen LogP contribution is -2.41. The number of guanidine groups is 1. The fourth-order valence-corrected chi connectivity index (χ4v) is 4.12. The molecule has 1 saturated heterocycles. The minimum absolute atomic E-state index is 0.568. The zero-order valence-corrected chi connectivity index (χ0v) is 17.2. The number of aliphatic imine (C=N–C) groups is 1. The van der Waals surface area contributed by atoms with Gasteiger partial charge in [0.05, 0.1) is 23.9 Å². The van der Waals surface area contributed by atoms with Gasteiger partial charge in [0.1, 0.15) is 0 Å². The lowest BCUT2D eigenvalue weighted by atomic mass is 10.1. The number of aryl methyl sites for hydroxylation is 1. The summed E-state index contributed by atoms with van der Waals surface area (Å²) in [6, 6.07) is 10.4. The number of rotatable bonds is 8. The minimum atomic E-state index is 0.568. The molecule has 1 N–H and O–H groups in total. The summed E-state index contributed by atoms with van der Waals surface area (Å²) in [4.78, 5) is 11.4. The molecule has 1 aliphatic heterocycles. The van der Waals surface area contributed by atoms with E-state index in [1.165, 1.54) is 16.3 Å². The highest BCUT2D eigenvalue weighted by Gasteiger charge is 2.24. The summed E-state index contributed by atoms with van der Waals surface area (Å²) in [5.74, 6) is 1.56. The van der Waals surface area contributed by atoms with E-state index < -0.39 is 0 Å². The summed E-state index contributed by atoms with van der Waals surface area (Å²) in [7, 11) is 1.86. The number of likely N-dealkylation sites (tertiary alicyclic amines) is 1. The van der Waals surface area contributed by atoms with Crippen molar-refractivity contribution in [3.05, 3.63) is 52.0 Å². The first-order chi connectivity index (χ1) is 13.3. The van der Waals surface area contributed by atoms with Gasteiger partial charge in [-0.3, -0.25) is 4.99 Å². The molecule has 0 amide bonds. The second-order valence-corrected chi connectivity index (χ2v) is 7.85. The van der Waals surface area contributed by atoms with Gasteiger partial charge in [-0.2, -0.15) is 0 Å². The number of nitrogens with one attached hydrogen (secondary N) is 1. The molecule has 1 aromatic carbocycles. The van der Waals surface area contributed by atoms with E-state index in [1.807, 2.05) is 13.1 Å². The number of hydrogen-bond acceptors (Lipinski definition) is 4. The van der Waals surface area contributed by atoms with E-state index in [1.54, 1.807) is 11.3 Å². The summed E-state index contributed by atoms with van der Waals surface area (Å²) < 4.78 is 5.92. The van der Waals surface area contributed by atoms with E-state index >= 15 is 0 Å². The Kier molecular flexibility index (Phi) is 7.66. The maximum atomic E-state index is 5.92. The molecule has 0 spiro atoms. The third-order valence-electron chi connectivity index (χ3n) is 4.83. The van der Waals surface area contributed by atoms with E-state index in [-0.39, 0.29) is 0 Å². The quantitative estimate of drug-likeness (QED) is 0.558. The Labute approximate surface area is 166 Å². The molecule has 0 aliphatic carbocycles. The number of aromatic nitrogens is 1. The first kappa shape index (κ1) is 19.8. The van der Waals surface area contributed by atoms with Crippen molar-refractivity contribution in [2.45, 2.75) is 32.8 Å². The maximum Gasteiger partial charge on any atom is 0.193 e. The molecule has 1 aromatic heterocycles. The lowest BCUT2D eigenvalue weighted by Gasteiger charge is -2.21. The van der Waals surface area contributed by atoms with Crippen LogP contribution in [0.25, 0.3) is 0 Å². The summed E-state index contributed by atoms with van der Waals surface area (Å²) in [6.07, 6.45) is 3.11. The Morgan fingerprint density at radius 2 is 2.22 bits per heavy atom. The van der Waals surface area contributed by atoms with Crippen LogP contribution >= 0.6 is 11.3 Å². The summed E-state index contributed by atoms with van der Waals surface area (Å²) in [5, 5.41) is 6.87. The molecule has 1 unspecified atom stereocenters. The van der Waals surface area contributed by atoms with Gasteiger partial charge in [-0.25, -0.2) is 4.98 Å². The van der Waals surface area contributed by atoms with Crippen LogP contribution in [0.4, 0.5) is 0 Å². The Balaban J connectivity index is 1.37. The fourth-order valence-electron chi connectivity index (χ4n) is 3.34. The number of benzene rings is 1. The zero-order chi connectivity index (χ0) is 18.9. The molecule has 0 radical (unpaired) electrons. The summed E-state index contributed by atoms with van der Waals surface area (Å²) in [6.45, 7) is 6.56. The highest BCUT2D eigenvalue weighted by Crippen LogP contribution is 2.17. The van der Waals surface area contributed by atoms with Crippen molar-refractivity contribution >= 4 is 17.3 Å². The predicted molar refractivity (Wildman–Crippen MR) is 112 cm³/mol. The predicted octanol–water partition coefficient (Wildman–Crippen LogP) is 3.36. The molecule has 1 atom stereocenters. The van der Waals surface area contributed by atoms with Crippen molar-refractivity contribution in [1.29, 1.82) is 0 Å². The average Bonchev–Trinajstić information content (AvgIpc) is 3.36. The van der Waals surface area contributed by atoms with E-state index in [0.29, 0.717) is 12.5 Å². The van der Waals surface area contributed by atoms with E-state index in [2.05, 4.69) is 56.8 Å².